The Bertz CT molecular complexity index is 2640. The number of thiophene rings is 1. The fourth-order valence-electron chi connectivity index (χ4n) is 7.86. The van der Waals surface area contributed by atoms with Crippen LogP contribution in [0.5, 0.6) is 0 Å². The Balaban J connectivity index is 1.14. The predicted octanol–water partition coefficient (Wildman–Crippen LogP) is 11.8. The smallest absolute Gasteiger partial charge is 0.0873 e. The normalized spacial score (nSPS) is 13.7. The monoisotopic (exact) mass is 673 g/mol. The molecule has 50 heavy (non-hydrogen) atoms. The highest BCUT2D eigenvalue weighted by Gasteiger charge is 2.32. The molecule has 1 aliphatic rings. The highest BCUT2D eigenvalue weighted by Crippen LogP contribution is 2.54. The number of nitrogens with one attached hydrogen (secondary N) is 1. The van der Waals surface area contributed by atoms with Gasteiger partial charge in [0.15, 0.2) is 0 Å². The first-order chi connectivity index (χ1) is 24.8. The third-order valence-corrected chi connectivity index (χ3v) is 13.8. The SMILES string of the molecule is c1ccc(P(c2ccccc2)c2ccc(-c3cccc4c3-c3c(sc5ccccc35)C(c3cc5ccccc5c5ccccc35)N4)cc2)cc1. The van der Waals surface area contributed by atoms with Crippen molar-refractivity contribution >= 4 is 72.5 Å². The Morgan fingerprint density at radius 3 is 1.80 bits per heavy atom. The molecule has 0 amide bonds. The van der Waals surface area contributed by atoms with Crippen LogP contribution in [0.2, 0.25) is 0 Å². The molecule has 0 aliphatic carbocycles. The van der Waals surface area contributed by atoms with Crippen LogP contribution in [0.15, 0.2) is 182 Å². The quantitative estimate of drug-likeness (QED) is 0.142. The summed E-state index contributed by atoms with van der Waals surface area (Å²) in [5.74, 6) is 0. The zero-order chi connectivity index (χ0) is 33.0. The summed E-state index contributed by atoms with van der Waals surface area (Å²) >= 11 is 1.93. The zero-order valence-electron chi connectivity index (χ0n) is 27.3. The Hall–Kier alpha value is -5.53. The molecule has 0 bridgehead atoms. The maximum atomic E-state index is 4.08. The first kappa shape index (κ1) is 29.4. The van der Waals surface area contributed by atoms with Gasteiger partial charge in [0.2, 0.25) is 0 Å². The van der Waals surface area contributed by atoms with Crippen LogP contribution in [0.1, 0.15) is 16.5 Å². The lowest BCUT2D eigenvalue weighted by Crippen LogP contribution is -2.20. The van der Waals surface area contributed by atoms with E-state index in [0.717, 1.165) is 0 Å². The van der Waals surface area contributed by atoms with E-state index >= 15 is 0 Å². The first-order valence-corrected chi connectivity index (χ1v) is 19.3. The molecule has 0 saturated carbocycles. The summed E-state index contributed by atoms with van der Waals surface area (Å²) < 4.78 is 1.32. The van der Waals surface area contributed by atoms with Gasteiger partial charge in [0, 0.05) is 31.8 Å². The largest absolute Gasteiger partial charge is 0.373 e. The van der Waals surface area contributed by atoms with Crippen LogP contribution in [0.4, 0.5) is 5.69 Å². The summed E-state index contributed by atoms with van der Waals surface area (Å²) in [6.07, 6.45) is 0. The highest BCUT2D eigenvalue weighted by molar-refractivity contribution is 7.79. The van der Waals surface area contributed by atoms with Crippen molar-refractivity contribution in [2.24, 2.45) is 0 Å². The maximum Gasteiger partial charge on any atom is 0.0873 e. The van der Waals surface area contributed by atoms with Gasteiger partial charge in [0.25, 0.3) is 0 Å². The number of benzene rings is 8. The van der Waals surface area contributed by atoms with E-state index in [1.54, 1.807) is 0 Å². The third kappa shape index (κ3) is 4.79. The minimum atomic E-state index is -0.665. The van der Waals surface area contributed by atoms with Crippen LogP contribution < -0.4 is 21.2 Å². The summed E-state index contributed by atoms with van der Waals surface area (Å²) in [7, 11) is -0.665. The Morgan fingerprint density at radius 2 is 1.06 bits per heavy atom. The van der Waals surface area contributed by atoms with E-state index in [-0.39, 0.29) is 6.04 Å². The van der Waals surface area contributed by atoms with Gasteiger partial charge in [-0.1, -0.05) is 164 Å². The molecule has 0 radical (unpaired) electrons. The average Bonchev–Trinajstić information content (AvgIpc) is 3.58. The maximum absolute atomic E-state index is 4.08. The Kier molecular flexibility index (Phi) is 7.12. The van der Waals surface area contributed by atoms with Gasteiger partial charge in [-0.2, -0.15) is 0 Å². The number of hydrogen-bond acceptors (Lipinski definition) is 2. The van der Waals surface area contributed by atoms with Crippen LogP contribution in [0.3, 0.4) is 0 Å². The summed E-state index contributed by atoms with van der Waals surface area (Å²) in [5, 5.41) is 14.7. The molecule has 1 unspecified atom stereocenters. The second-order valence-corrected chi connectivity index (χ2v) is 16.2. The lowest BCUT2D eigenvalue weighted by molar-refractivity contribution is 0.970. The van der Waals surface area contributed by atoms with Crippen molar-refractivity contribution in [2.75, 3.05) is 5.32 Å². The van der Waals surface area contributed by atoms with Crippen molar-refractivity contribution in [1.82, 2.24) is 0 Å². The molecule has 236 valence electrons. The van der Waals surface area contributed by atoms with E-state index < -0.39 is 7.92 Å². The zero-order valence-corrected chi connectivity index (χ0v) is 29.0. The standard InChI is InChI=1S/C47H32NPS/c1-3-15-33(16-4-1)49(34-17-5-2-6-18-34)35-28-26-31(27-29-35)37-23-13-24-42-44(37)45-40-22-11-12-25-43(40)50-47(45)46(48-42)41-30-32-14-7-8-19-36(32)38-20-9-10-21-39(38)41/h1-30,46,48H. The van der Waals surface area contributed by atoms with Crippen molar-refractivity contribution in [3.63, 3.8) is 0 Å². The highest BCUT2D eigenvalue weighted by atomic mass is 32.1. The summed E-state index contributed by atoms with van der Waals surface area (Å²) in [6, 6.07) is 67.1. The molecular formula is C47H32NPS. The van der Waals surface area contributed by atoms with Crippen molar-refractivity contribution in [3.05, 3.63) is 192 Å². The molecule has 1 aromatic heterocycles. The summed E-state index contributed by atoms with van der Waals surface area (Å²) in [5.41, 5.74) is 7.65. The van der Waals surface area contributed by atoms with Crippen molar-refractivity contribution in [2.45, 2.75) is 6.04 Å². The minimum absolute atomic E-state index is 0.0299. The third-order valence-electron chi connectivity index (χ3n) is 10.1. The molecule has 1 nitrogen and oxygen atoms in total. The minimum Gasteiger partial charge on any atom is -0.373 e. The van der Waals surface area contributed by atoms with Gasteiger partial charge in [-0.25, -0.2) is 0 Å². The average molecular weight is 674 g/mol. The molecule has 1 aliphatic heterocycles. The van der Waals surface area contributed by atoms with Crippen molar-refractivity contribution in [1.29, 1.82) is 0 Å². The van der Waals surface area contributed by atoms with Crippen LogP contribution >= 0.6 is 19.3 Å². The fourth-order valence-corrected chi connectivity index (χ4v) is 11.4. The lowest BCUT2D eigenvalue weighted by atomic mass is 9.84. The van der Waals surface area contributed by atoms with Gasteiger partial charge in [0.1, 0.15) is 0 Å². The second kappa shape index (κ2) is 12.1. The summed E-state index contributed by atoms with van der Waals surface area (Å²) in [4.78, 5) is 1.37. The molecule has 9 aromatic rings. The predicted molar refractivity (Wildman–Crippen MR) is 218 cm³/mol. The van der Waals surface area contributed by atoms with Crippen molar-refractivity contribution in [3.8, 4) is 22.3 Å². The van der Waals surface area contributed by atoms with E-state index in [0.29, 0.717) is 0 Å². The van der Waals surface area contributed by atoms with Gasteiger partial charge in [-0.3, -0.25) is 0 Å². The van der Waals surface area contributed by atoms with Gasteiger partial charge in [-0.15, -0.1) is 11.3 Å². The topological polar surface area (TPSA) is 12.0 Å². The van der Waals surface area contributed by atoms with E-state index in [1.165, 1.54) is 85.9 Å². The van der Waals surface area contributed by atoms with Gasteiger partial charge >= 0.3 is 0 Å². The number of hydrogen-bond donors (Lipinski definition) is 1. The molecule has 0 saturated heterocycles. The molecule has 10 rings (SSSR count). The van der Waals surface area contributed by atoms with E-state index in [9.17, 15) is 0 Å². The molecule has 8 aromatic carbocycles. The molecule has 0 fully saturated rings. The number of rotatable bonds is 5. The molecular weight excluding hydrogens is 642 g/mol. The number of fused-ring (bicyclic) bond motifs is 8. The Labute approximate surface area is 297 Å². The van der Waals surface area contributed by atoms with E-state index in [2.05, 4.69) is 187 Å². The van der Waals surface area contributed by atoms with Crippen molar-refractivity contribution < 1.29 is 0 Å². The molecule has 1 atom stereocenters. The van der Waals surface area contributed by atoms with Crippen LogP contribution in [0, 0.1) is 0 Å². The van der Waals surface area contributed by atoms with E-state index in [4.69, 9.17) is 0 Å². The number of anilines is 1. The van der Waals surface area contributed by atoms with E-state index in [1.807, 2.05) is 11.3 Å². The lowest BCUT2D eigenvalue weighted by Gasteiger charge is -2.31. The second-order valence-electron chi connectivity index (χ2n) is 12.9. The van der Waals surface area contributed by atoms with Gasteiger partial charge < -0.3 is 5.32 Å². The molecule has 2 heterocycles. The van der Waals surface area contributed by atoms with Gasteiger partial charge in [-0.05, 0) is 80.3 Å². The molecule has 1 N–H and O–H groups in total. The van der Waals surface area contributed by atoms with Gasteiger partial charge in [0.05, 0.1) is 6.04 Å². The first-order valence-electron chi connectivity index (χ1n) is 17.1. The summed E-state index contributed by atoms with van der Waals surface area (Å²) in [6.45, 7) is 0. The van der Waals surface area contributed by atoms with Crippen LogP contribution in [-0.2, 0) is 0 Å². The Morgan fingerprint density at radius 1 is 0.460 bits per heavy atom. The van der Waals surface area contributed by atoms with Crippen LogP contribution in [0.25, 0.3) is 53.9 Å². The fraction of sp³-hybridized carbons (Fsp3) is 0.0213. The molecule has 0 spiro atoms. The van der Waals surface area contributed by atoms with Crippen LogP contribution in [-0.4, -0.2) is 0 Å². The molecule has 3 heteroatoms.